The first-order valence-electron chi connectivity index (χ1n) is 8.04. The standard InChI is InChI=1S/C17H28N4O.HI/c1-13(2)12-21-10-6-7-14(21)11-19-17(18)20-15-8-4-5-9-16(15)22-3;/h4-5,8-9,13-14H,6-7,10-12H2,1-3H3,(H3,18,19,20);1H/t14-;/m0./s1. The van der Waals surface area contributed by atoms with Crippen molar-refractivity contribution in [2.24, 2.45) is 16.6 Å². The molecule has 1 fully saturated rings. The minimum Gasteiger partial charge on any atom is -0.495 e. The molecule has 1 aromatic rings. The number of aliphatic imine (C=N–C) groups is 1. The van der Waals surface area contributed by atoms with Crippen LogP contribution in [0.1, 0.15) is 26.7 Å². The number of halogens is 1. The van der Waals surface area contributed by atoms with Crippen molar-refractivity contribution < 1.29 is 4.74 Å². The van der Waals surface area contributed by atoms with E-state index < -0.39 is 0 Å². The fourth-order valence-electron chi connectivity index (χ4n) is 2.94. The maximum atomic E-state index is 6.02. The van der Waals surface area contributed by atoms with Crippen molar-refractivity contribution in [3.05, 3.63) is 24.3 Å². The zero-order valence-corrected chi connectivity index (χ0v) is 16.6. The number of guanidine groups is 1. The number of methoxy groups -OCH3 is 1. The highest BCUT2D eigenvalue weighted by molar-refractivity contribution is 14.0. The molecule has 0 spiro atoms. The number of hydrogen-bond donors (Lipinski definition) is 2. The Balaban J connectivity index is 0.00000264. The normalized spacial score (nSPS) is 18.8. The van der Waals surface area contributed by atoms with E-state index in [4.69, 9.17) is 10.5 Å². The van der Waals surface area contributed by atoms with Gasteiger partial charge in [-0.3, -0.25) is 9.89 Å². The Labute approximate surface area is 156 Å². The Bertz CT molecular complexity index is 507. The molecule has 0 unspecified atom stereocenters. The van der Waals surface area contributed by atoms with Crippen LogP contribution in [0, 0.1) is 5.92 Å². The van der Waals surface area contributed by atoms with Crippen LogP contribution in [-0.2, 0) is 0 Å². The van der Waals surface area contributed by atoms with Crippen molar-refractivity contribution in [1.82, 2.24) is 4.90 Å². The van der Waals surface area contributed by atoms with Crippen molar-refractivity contribution in [1.29, 1.82) is 0 Å². The van der Waals surface area contributed by atoms with Crippen LogP contribution < -0.4 is 15.8 Å². The number of para-hydroxylation sites is 2. The number of benzene rings is 1. The molecule has 1 atom stereocenters. The van der Waals surface area contributed by atoms with Crippen molar-refractivity contribution in [2.75, 3.05) is 32.1 Å². The maximum absolute atomic E-state index is 6.02. The fourth-order valence-corrected chi connectivity index (χ4v) is 2.94. The van der Waals surface area contributed by atoms with Gasteiger partial charge in [-0.05, 0) is 37.4 Å². The maximum Gasteiger partial charge on any atom is 0.193 e. The van der Waals surface area contributed by atoms with Crippen LogP contribution in [-0.4, -0.2) is 43.6 Å². The highest BCUT2D eigenvalue weighted by atomic mass is 127. The average molecular weight is 432 g/mol. The molecule has 1 aliphatic heterocycles. The van der Waals surface area contributed by atoms with Gasteiger partial charge in [0.15, 0.2) is 5.96 Å². The van der Waals surface area contributed by atoms with Gasteiger partial charge in [-0.25, -0.2) is 0 Å². The first-order valence-corrected chi connectivity index (χ1v) is 8.04. The molecule has 5 nitrogen and oxygen atoms in total. The second-order valence-electron chi connectivity index (χ2n) is 6.24. The Morgan fingerprint density at radius 1 is 1.43 bits per heavy atom. The van der Waals surface area contributed by atoms with Crippen LogP contribution in [0.2, 0.25) is 0 Å². The Morgan fingerprint density at radius 3 is 2.87 bits per heavy atom. The Kier molecular flexibility index (Phi) is 8.68. The molecule has 1 heterocycles. The summed E-state index contributed by atoms with van der Waals surface area (Å²) in [5.74, 6) is 1.90. The number of nitrogens with one attached hydrogen (secondary N) is 1. The van der Waals surface area contributed by atoms with E-state index >= 15 is 0 Å². The van der Waals surface area contributed by atoms with E-state index in [1.54, 1.807) is 7.11 Å². The number of hydrogen-bond acceptors (Lipinski definition) is 3. The largest absolute Gasteiger partial charge is 0.495 e. The number of ether oxygens (including phenoxy) is 1. The van der Waals surface area contributed by atoms with Gasteiger partial charge in [-0.15, -0.1) is 24.0 Å². The van der Waals surface area contributed by atoms with Crippen LogP contribution in [0.5, 0.6) is 5.75 Å². The molecule has 0 aliphatic carbocycles. The van der Waals surface area contributed by atoms with Gasteiger partial charge in [0.05, 0.1) is 19.3 Å². The molecule has 6 heteroatoms. The monoisotopic (exact) mass is 432 g/mol. The zero-order chi connectivity index (χ0) is 15.9. The Morgan fingerprint density at radius 2 is 2.17 bits per heavy atom. The number of rotatable bonds is 6. The molecule has 2 rings (SSSR count). The van der Waals surface area contributed by atoms with Gasteiger partial charge >= 0.3 is 0 Å². The summed E-state index contributed by atoms with van der Waals surface area (Å²) in [7, 11) is 1.65. The van der Waals surface area contributed by atoms with E-state index in [1.165, 1.54) is 19.4 Å². The van der Waals surface area contributed by atoms with Crippen LogP contribution in [0.4, 0.5) is 5.69 Å². The summed E-state index contributed by atoms with van der Waals surface area (Å²) in [4.78, 5) is 7.05. The fraction of sp³-hybridized carbons (Fsp3) is 0.588. The second-order valence-corrected chi connectivity index (χ2v) is 6.24. The predicted molar refractivity (Wildman–Crippen MR) is 108 cm³/mol. The minimum absolute atomic E-state index is 0. The highest BCUT2D eigenvalue weighted by Crippen LogP contribution is 2.23. The molecular formula is C17H29IN4O. The number of nitrogens with zero attached hydrogens (tertiary/aromatic N) is 2. The van der Waals surface area contributed by atoms with Crippen LogP contribution in [0.25, 0.3) is 0 Å². The van der Waals surface area contributed by atoms with E-state index in [1.807, 2.05) is 24.3 Å². The van der Waals surface area contributed by atoms with Gasteiger partial charge in [-0.2, -0.15) is 0 Å². The van der Waals surface area contributed by atoms with Crippen LogP contribution in [0.3, 0.4) is 0 Å². The number of anilines is 1. The van der Waals surface area contributed by atoms with Gasteiger partial charge < -0.3 is 15.8 Å². The highest BCUT2D eigenvalue weighted by Gasteiger charge is 2.24. The van der Waals surface area contributed by atoms with Crippen molar-refractivity contribution in [3.8, 4) is 5.75 Å². The summed E-state index contributed by atoms with van der Waals surface area (Å²) in [5, 5.41) is 3.13. The second kappa shape index (κ2) is 9.97. The first-order chi connectivity index (χ1) is 10.6. The van der Waals surface area contributed by atoms with Crippen LogP contribution in [0.15, 0.2) is 29.3 Å². The number of nitrogens with two attached hydrogens (primary N) is 1. The van der Waals surface area contributed by atoms with Gasteiger partial charge in [0.25, 0.3) is 0 Å². The van der Waals surface area contributed by atoms with Crippen molar-refractivity contribution in [2.45, 2.75) is 32.7 Å². The smallest absolute Gasteiger partial charge is 0.193 e. The summed E-state index contributed by atoms with van der Waals surface area (Å²) < 4.78 is 5.30. The Hall–Kier alpha value is -1.02. The summed E-state index contributed by atoms with van der Waals surface area (Å²) in [6, 6.07) is 8.22. The quantitative estimate of drug-likeness (QED) is 0.412. The van der Waals surface area contributed by atoms with Gasteiger partial charge in [0.2, 0.25) is 0 Å². The third-order valence-electron chi connectivity index (χ3n) is 3.94. The SMILES string of the molecule is COc1ccccc1NC(N)=NC[C@@H]1CCCN1CC(C)C.I. The third-order valence-corrected chi connectivity index (χ3v) is 3.94. The topological polar surface area (TPSA) is 62.9 Å². The van der Waals surface area contributed by atoms with Gasteiger partial charge in [0.1, 0.15) is 5.75 Å². The lowest BCUT2D eigenvalue weighted by atomic mass is 10.2. The minimum atomic E-state index is 0. The van der Waals surface area contributed by atoms with E-state index in [0.717, 1.165) is 24.5 Å². The van der Waals surface area contributed by atoms with E-state index in [2.05, 4.69) is 29.1 Å². The van der Waals surface area contributed by atoms with Crippen LogP contribution >= 0.6 is 24.0 Å². The zero-order valence-electron chi connectivity index (χ0n) is 14.3. The van der Waals surface area contributed by atoms with Crippen molar-refractivity contribution in [3.63, 3.8) is 0 Å². The lowest BCUT2D eigenvalue weighted by Crippen LogP contribution is -2.35. The van der Waals surface area contributed by atoms with E-state index in [9.17, 15) is 0 Å². The molecule has 0 bridgehead atoms. The molecule has 1 saturated heterocycles. The summed E-state index contributed by atoms with van der Waals surface area (Å²) >= 11 is 0. The van der Waals surface area contributed by atoms with E-state index in [-0.39, 0.29) is 24.0 Å². The molecule has 1 aromatic carbocycles. The number of likely N-dealkylation sites (tertiary alicyclic amines) is 1. The molecule has 0 amide bonds. The molecular weight excluding hydrogens is 403 g/mol. The molecule has 130 valence electrons. The molecule has 0 radical (unpaired) electrons. The third kappa shape index (κ3) is 6.18. The van der Waals surface area contributed by atoms with Crippen molar-refractivity contribution >= 4 is 35.6 Å². The summed E-state index contributed by atoms with van der Waals surface area (Å²) in [6.07, 6.45) is 2.46. The predicted octanol–water partition coefficient (Wildman–Crippen LogP) is 3.16. The average Bonchev–Trinajstić information content (AvgIpc) is 2.92. The molecule has 0 aromatic heterocycles. The first kappa shape index (κ1) is 20.0. The molecule has 1 aliphatic rings. The summed E-state index contributed by atoms with van der Waals surface area (Å²) in [6.45, 7) is 7.59. The molecule has 0 saturated carbocycles. The van der Waals surface area contributed by atoms with Gasteiger partial charge in [0, 0.05) is 12.6 Å². The van der Waals surface area contributed by atoms with Gasteiger partial charge in [-0.1, -0.05) is 26.0 Å². The molecule has 23 heavy (non-hydrogen) atoms. The summed E-state index contributed by atoms with van der Waals surface area (Å²) in [5.41, 5.74) is 6.86. The molecule has 3 N–H and O–H groups in total. The lowest BCUT2D eigenvalue weighted by molar-refractivity contribution is 0.231. The lowest BCUT2D eigenvalue weighted by Gasteiger charge is -2.25. The van der Waals surface area contributed by atoms with E-state index in [0.29, 0.717) is 17.9 Å².